The molecule has 1 aliphatic heterocycles. The Morgan fingerprint density at radius 2 is 0.983 bits per heavy atom. The van der Waals surface area contributed by atoms with Gasteiger partial charge >= 0.3 is 5.69 Å². The number of H-pyrrole nitrogens is 1. The predicted octanol–water partition coefficient (Wildman–Crippen LogP) is 8.35. The number of rotatable bonds is 14. The van der Waals surface area contributed by atoms with Gasteiger partial charge in [0, 0.05) is 12.3 Å². The number of aliphatic hydroxyl groups excluding tert-OH is 1. The van der Waals surface area contributed by atoms with Gasteiger partial charge in [0.25, 0.3) is 5.56 Å². The van der Waals surface area contributed by atoms with Gasteiger partial charge in [-0.2, -0.15) is 0 Å². The molecule has 1 aliphatic rings. The molecule has 0 radical (unpaired) electrons. The first-order valence-electron chi connectivity index (χ1n) is 19.8. The number of ether oxygens (including phenoxy) is 3. The maximum atomic E-state index is 13.5. The van der Waals surface area contributed by atoms with Crippen molar-refractivity contribution in [3.8, 4) is 0 Å². The molecular weight excluding hydrogens is 725 g/mol. The van der Waals surface area contributed by atoms with Crippen LogP contribution in [0.4, 0.5) is 0 Å². The Hall–Kier alpha value is -6.16. The predicted molar refractivity (Wildman–Crippen MR) is 224 cm³/mol. The zero-order valence-electron chi connectivity index (χ0n) is 32.2. The monoisotopic (exact) mass is 770 g/mol. The van der Waals surface area contributed by atoms with Gasteiger partial charge in [-0.15, -0.1) is 0 Å². The highest BCUT2D eigenvalue weighted by Gasteiger charge is 2.55. The molecule has 1 fully saturated rings. The van der Waals surface area contributed by atoms with Gasteiger partial charge in [0.15, 0.2) is 6.23 Å². The standard InChI is InChI=1S/C50H46N2O6/c1-2-21-42(57-49(36-22-9-3-10-23-36,37-24-11-4-12-25-37)38-26-13-5-14-27-38)45-46(44(54)47(56-45)52-35-34-43(53)51-48(52)55)58-50(39-28-15-6-16-29-39,40-30-17-7-18-31-40)41-32-19-8-20-33-41/h3-20,22-35,42,44-47,54H,2,21H2,1H3,(H,51,53,55)/t42?,44-,45-,46+,47-/m1/s1. The highest BCUT2D eigenvalue weighted by Crippen LogP contribution is 2.48. The van der Waals surface area contributed by atoms with Gasteiger partial charge in [-0.05, 0) is 39.8 Å². The van der Waals surface area contributed by atoms with Crippen molar-refractivity contribution in [2.75, 3.05) is 0 Å². The Kier molecular flexibility index (Phi) is 11.4. The summed E-state index contributed by atoms with van der Waals surface area (Å²) in [5.74, 6) is 0. The van der Waals surface area contributed by atoms with Crippen molar-refractivity contribution in [3.05, 3.63) is 248 Å². The van der Waals surface area contributed by atoms with Crippen LogP contribution in [0.5, 0.6) is 0 Å². The molecule has 0 aliphatic carbocycles. The minimum Gasteiger partial charge on any atom is -0.386 e. The van der Waals surface area contributed by atoms with E-state index in [9.17, 15) is 14.7 Å². The second-order valence-electron chi connectivity index (χ2n) is 14.6. The van der Waals surface area contributed by atoms with Crippen molar-refractivity contribution in [1.29, 1.82) is 0 Å². The molecule has 8 rings (SSSR count). The summed E-state index contributed by atoms with van der Waals surface area (Å²) in [5, 5.41) is 12.7. The van der Waals surface area contributed by atoms with Gasteiger partial charge in [-0.1, -0.05) is 195 Å². The topological polar surface area (TPSA) is 103 Å². The summed E-state index contributed by atoms with van der Waals surface area (Å²) in [7, 11) is 0. The molecule has 2 N–H and O–H groups in total. The molecule has 0 saturated carbocycles. The van der Waals surface area contributed by atoms with E-state index in [4.69, 9.17) is 14.2 Å². The average molecular weight is 771 g/mol. The van der Waals surface area contributed by atoms with Crippen molar-refractivity contribution in [1.82, 2.24) is 9.55 Å². The third kappa shape index (κ3) is 7.27. The third-order valence-corrected chi connectivity index (χ3v) is 11.0. The fourth-order valence-corrected chi connectivity index (χ4v) is 8.42. The third-order valence-electron chi connectivity index (χ3n) is 11.0. The molecule has 8 heteroatoms. The van der Waals surface area contributed by atoms with Crippen LogP contribution in [0.1, 0.15) is 59.4 Å². The number of aromatic nitrogens is 2. The molecule has 5 atom stereocenters. The van der Waals surface area contributed by atoms with E-state index in [0.717, 1.165) is 33.4 Å². The van der Waals surface area contributed by atoms with Crippen LogP contribution in [-0.4, -0.2) is 39.1 Å². The molecule has 1 unspecified atom stereocenters. The molecule has 0 spiro atoms. The molecule has 8 nitrogen and oxygen atoms in total. The number of nitrogens with zero attached hydrogens (tertiary/aromatic N) is 1. The van der Waals surface area contributed by atoms with Crippen LogP contribution in [-0.2, 0) is 25.4 Å². The summed E-state index contributed by atoms with van der Waals surface area (Å²) >= 11 is 0. The van der Waals surface area contributed by atoms with Gasteiger partial charge in [0.05, 0.1) is 6.10 Å². The molecule has 2 heterocycles. The van der Waals surface area contributed by atoms with E-state index in [1.807, 2.05) is 146 Å². The largest absolute Gasteiger partial charge is 0.386 e. The number of aromatic amines is 1. The van der Waals surface area contributed by atoms with E-state index in [0.29, 0.717) is 12.8 Å². The van der Waals surface area contributed by atoms with Crippen molar-refractivity contribution in [2.24, 2.45) is 0 Å². The van der Waals surface area contributed by atoms with Crippen LogP contribution in [0.3, 0.4) is 0 Å². The van der Waals surface area contributed by atoms with Gasteiger partial charge in [0.2, 0.25) is 0 Å². The molecule has 0 amide bonds. The number of nitrogens with one attached hydrogen (secondary N) is 1. The average Bonchev–Trinajstić information content (AvgIpc) is 3.60. The summed E-state index contributed by atoms with van der Waals surface area (Å²) < 4.78 is 23.5. The van der Waals surface area contributed by atoms with Crippen molar-refractivity contribution < 1.29 is 19.3 Å². The Balaban J connectivity index is 1.35. The fourth-order valence-electron chi connectivity index (χ4n) is 8.42. The smallest absolute Gasteiger partial charge is 0.330 e. The van der Waals surface area contributed by atoms with Crippen LogP contribution in [0.25, 0.3) is 0 Å². The number of hydrogen-bond donors (Lipinski definition) is 2. The molecule has 0 bridgehead atoms. The van der Waals surface area contributed by atoms with Crippen LogP contribution in [0, 0.1) is 0 Å². The molecule has 58 heavy (non-hydrogen) atoms. The van der Waals surface area contributed by atoms with E-state index < -0.39 is 53.1 Å². The van der Waals surface area contributed by atoms with Crippen LogP contribution >= 0.6 is 0 Å². The summed E-state index contributed by atoms with van der Waals surface area (Å²) in [6, 6.07) is 61.4. The zero-order valence-corrected chi connectivity index (χ0v) is 32.2. The van der Waals surface area contributed by atoms with Crippen LogP contribution in [0.15, 0.2) is 204 Å². The quantitative estimate of drug-likeness (QED) is 0.108. The van der Waals surface area contributed by atoms with Crippen molar-refractivity contribution >= 4 is 0 Å². The van der Waals surface area contributed by atoms with Crippen LogP contribution in [0.2, 0.25) is 0 Å². The van der Waals surface area contributed by atoms with Crippen molar-refractivity contribution in [3.63, 3.8) is 0 Å². The van der Waals surface area contributed by atoms with E-state index in [2.05, 4.69) is 48.3 Å². The Morgan fingerprint density at radius 1 is 0.603 bits per heavy atom. The number of hydrogen-bond acceptors (Lipinski definition) is 6. The number of benzene rings is 6. The minimum atomic E-state index is -1.40. The summed E-state index contributed by atoms with van der Waals surface area (Å²) in [6.45, 7) is 2.08. The first-order chi connectivity index (χ1) is 28.5. The maximum Gasteiger partial charge on any atom is 0.330 e. The van der Waals surface area contributed by atoms with Crippen LogP contribution < -0.4 is 11.2 Å². The lowest BCUT2D eigenvalue weighted by atomic mass is 9.79. The Labute approximate surface area is 338 Å². The van der Waals surface area contributed by atoms with E-state index in [-0.39, 0.29) is 0 Å². The highest BCUT2D eigenvalue weighted by atomic mass is 16.6. The second kappa shape index (κ2) is 17.1. The van der Waals surface area contributed by atoms with Gasteiger partial charge in [-0.25, -0.2) is 4.79 Å². The molecule has 6 aromatic carbocycles. The van der Waals surface area contributed by atoms with E-state index >= 15 is 0 Å². The lowest BCUT2D eigenvalue weighted by molar-refractivity contribution is -0.168. The molecule has 292 valence electrons. The summed E-state index contributed by atoms with van der Waals surface area (Å²) in [5.41, 5.74) is 1.57. The fraction of sp³-hybridized carbons (Fsp3) is 0.200. The van der Waals surface area contributed by atoms with Gasteiger partial charge in [0.1, 0.15) is 29.5 Å². The minimum absolute atomic E-state index is 0.508. The van der Waals surface area contributed by atoms with Gasteiger partial charge in [-0.3, -0.25) is 14.3 Å². The maximum absolute atomic E-state index is 13.5. The normalized spacial score (nSPS) is 18.8. The summed E-state index contributed by atoms with van der Waals surface area (Å²) in [6.07, 6.45) is -2.81. The zero-order chi connectivity index (χ0) is 40.0. The first-order valence-corrected chi connectivity index (χ1v) is 19.8. The van der Waals surface area contributed by atoms with Crippen molar-refractivity contribution in [2.45, 2.75) is 61.6 Å². The first kappa shape index (κ1) is 38.7. The van der Waals surface area contributed by atoms with E-state index in [1.165, 1.54) is 16.8 Å². The highest BCUT2D eigenvalue weighted by molar-refractivity contribution is 5.49. The molecule has 7 aromatic rings. The molecule has 1 aromatic heterocycles. The summed E-state index contributed by atoms with van der Waals surface area (Å²) in [4.78, 5) is 28.1. The molecule has 1 saturated heterocycles. The second-order valence-corrected chi connectivity index (χ2v) is 14.6. The Bertz CT molecular complexity index is 2290. The van der Waals surface area contributed by atoms with Gasteiger partial charge < -0.3 is 19.3 Å². The van der Waals surface area contributed by atoms with E-state index in [1.54, 1.807) is 0 Å². The Morgan fingerprint density at radius 3 is 1.34 bits per heavy atom. The SMILES string of the molecule is CCCC(OC(c1ccccc1)(c1ccccc1)c1ccccc1)[C@H]1O[C@@H](n2ccc(=O)[nH]c2=O)[C@H](O)[C@@H]1OC(c1ccccc1)(c1ccccc1)c1ccccc1. The number of aliphatic hydroxyl groups is 1. The lowest BCUT2D eigenvalue weighted by Crippen LogP contribution is -2.50. The molecular formula is C50H46N2O6. The lowest BCUT2D eigenvalue weighted by Gasteiger charge is -2.43.